The first-order valence-corrected chi connectivity index (χ1v) is 9.96. The Bertz CT molecular complexity index is 469. The molecule has 136 valence electrons. The van der Waals surface area contributed by atoms with Crippen LogP contribution in [0.3, 0.4) is 0 Å². The van der Waals surface area contributed by atoms with E-state index in [2.05, 4.69) is 24.2 Å². The lowest BCUT2D eigenvalue weighted by atomic mass is 9.54. The smallest absolute Gasteiger partial charge is 0.193 e. The molecule has 1 spiro atoms. The average Bonchev–Trinajstić information content (AvgIpc) is 3.30. The van der Waals surface area contributed by atoms with Crippen LogP contribution in [0.5, 0.6) is 0 Å². The summed E-state index contributed by atoms with van der Waals surface area (Å²) >= 11 is 0. The molecule has 0 amide bonds. The SMILES string of the molecule is CCN=C(NC1C2CCOC2C12CCCC2)N(C)CC1CCOC1. The Balaban J connectivity index is 1.45. The molecular weight excluding hydrogens is 302 g/mol. The Morgan fingerprint density at radius 3 is 2.79 bits per heavy atom. The van der Waals surface area contributed by atoms with E-state index >= 15 is 0 Å². The molecule has 2 heterocycles. The third kappa shape index (κ3) is 2.74. The summed E-state index contributed by atoms with van der Waals surface area (Å²) in [7, 11) is 2.18. The molecule has 2 aliphatic heterocycles. The van der Waals surface area contributed by atoms with Gasteiger partial charge in [0.05, 0.1) is 12.7 Å². The van der Waals surface area contributed by atoms with Crippen LogP contribution in [-0.2, 0) is 9.47 Å². The van der Waals surface area contributed by atoms with E-state index in [1.165, 1.54) is 38.5 Å². The molecule has 24 heavy (non-hydrogen) atoms. The number of fused-ring (bicyclic) bond motifs is 2. The second-order valence-corrected chi connectivity index (χ2v) is 8.21. The summed E-state index contributed by atoms with van der Waals surface area (Å²) in [6.45, 7) is 6.76. The molecule has 4 fully saturated rings. The minimum absolute atomic E-state index is 0.382. The molecule has 5 heteroatoms. The van der Waals surface area contributed by atoms with Crippen molar-refractivity contribution in [2.75, 3.05) is 40.0 Å². The summed E-state index contributed by atoms with van der Waals surface area (Å²) in [5.41, 5.74) is 0.382. The predicted octanol–water partition coefficient (Wildman–Crippen LogP) is 2.27. The molecule has 2 saturated carbocycles. The second-order valence-electron chi connectivity index (χ2n) is 8.21. The summed E-state index contributed by atoms with van der Waals surface area (Å²) in [6.07, 6.45) is 8.27. The summed E-state index contributed by atoms with van der Waals surface area (Å²) in [4.78, 5) is 7.13. The van der Waals surface area contributed by atoms with Gasteiger partial charge < -0.3 is 19.7 Å². The van der Waals surface area contributed by atoms with Crippen molar-refractivity contribution in [3.63, 3.8) is 0 Å². The van der Waals surface area contributed by atoms with Crippen LogP contribution in [0.4, 0.5) is 0 Å². The number of aliphatic imine (C=N–C) groups is 1. The zero-order chi connectivity index (χ0) is 16.6. The van der Waals surface area contributed by atoms with Crippen LogP contribution in [0, 0.1) is 17.3 Å². The van der Waals surface area contributed by atoms with Gasteiger partial charge in [0.2, 0.25) is 0 Å². The zero-order valence-electron chi connectivity index (χ0n) is 15.3. The topological polar surface area (TPSA) is 46.1 Å². The third-order valence-corrected chi connectivity index (χ3v) is 6.80. The second kappa shape index (κ2) is 6.83. The van der Waals surface area contributed by atoms with E-state index in [9.17, 15) is 0 Å². The van der Waals surface area contributed by atoms with Crippen molar-refractivity contribution in [3.8, 4) is 0 Å². The Morgan fingerprint density at radius 2 is 2.08 bits per heavy atom. The number of nitrogens with zero attached hydrogens (tertiary/aromatic N) is 2. The van der Waals surface area contributed by atoms with Crippen molar-refractivity contribution in [1.29, 1.82) is 0 Å². The molecular formula is C19H33N3O2. The number of guanidine groups is 1. The zero-order valence-corrected chi connectivity index (χ0v) is 15.3. The molecule has 4 rings (SSSR count). The number of hydrogen-bond acceptors (Lipinski definition) is 3. The van der Waals surface area contributed by atoms with Crippen molar-refractivity contribution < 1.29 is 9.47 Å². The number of nitrogens with one attached hydrogen (secondary N) is 1. The van der Waals surface area contributed by atoms with Gasteiger partial charge in [0, 0.05) is 56.6 Å². The van der Waals surface area contributed by atoms with Crippen molar-refractivity contribution in [2.45, 2.75) is 57.6 Å². The van der Waals surface area contributed by atoms with Crippen LogP contribution in [0.25, 0.3) is 0 Å². The summed E-state index contributed by atoms with van der Waals surface area (Å²) in [5, 5.41) is 3.89. The van der Waals surface area contributed by atoms with Gasteiger partial charge in [0.15, 0.2) is 5.96 Å². The van der Waals surface area contributed by atoms with Crippen molar-refractivity contribution in [3.05, 3.63) is 0 Å². The molecule has 0 aromatic rings. The largest absolute Gasteiger partial charge is 0.381 e. The fourth-order valence-electron chi connectivity index (χ4n) is 5.67. The molecule has 5 nitrogen and oxygen atoms in total. The number of rotatable bonds is 4. The van der Waals surface area contributed by atoms with E-state index in [1.54, 1.807) is 0 Å². The molecule has 2 aliphatic carbocycles. The Hall–Kier alpha value is -0.810. The summed E-state index contributed by atoms with van der Waals surface area (Å²) in [5.74, 6) is 2.42. The Labute approximate surface area is 146 Å². The van der Waals surface area contributed by atoms with Gasteiger partial charge in [-0.05, 0) is 32.6 Å². The molecule has 4 atom stereocenters. The van der Waals surface area contributed by atoms with Gasteiger partial charge in [-0.25, -0.2) is 0 Å². The van der Waals surface area contributed by atoms with Gasteiger partial charge in [-0.2, -0.15) is 0 Å². The lowest BCUT2D eigenvalue weighted by molar-refractivity contribution is -0.125. The number of hydrogen-bond donors (Lipinski definition) is 1. The lowest BCUT2D eigenvalue weighted by Crippen LogP contribution is -2.69. The molecule has 4 aliphatic rings. The van der Waals surface area contributed by atoms with E-state index in [-0.39, 0.29) is 0 Å². The molecule has 4 unspecified atom stereocenters. The highest BCUT2D eigenvalue weighted by atomic mass is 16.5. The van der Waals surface area contributed by atoms with Crippen molar-refractivity contribution >= 4 is 5.96 Å². The van der Waals surface area contributed by atoms with E-state index in [4.69, 9.17) is 14.5 Å². The van der Waals surface area contributed by atoms with Crippen LogP contribution in [-0.4, -0.2) is 63.0 Å². The molecule has 0 radical (unpaired) electrons. The van der Waals surface area contributed by atoms with Gasteiger partial charge >= 0.3 is 0 Å². The monoisotopic (exact) mass is 335 g/mol. The van der Waals surface area contributed by atoms with Crippen LogP contribution in [0.2, 0.25) is 0 Å². The maximum absolute atomic E-state index is 6.12. The van der Waals surface area contributed by atoms with Gasteiger partial charge in [0.1, 0.15) is 0 Å². The van der Waals surface area contributed by atoms with E-state index in [0.29, 0.717) is 29.4 Å². The maximum Gasteiger partial charge on any atom is 0.193 e. The Kier molecular flexibility index (Phi) is 4.74. The van der Waals surface area contributed by atoms with E-state index in [0.717, 1.165) is 38.9 Å². The van der Waals surface area contributed by atoms with Crippen LogP contribution in [0.1, 0.15) is 45.4 Å². The standard InChI is InChI=1S/C19H33N3O2/c1-3-20-18(22(2)12-14-6-10-23-13-14)21-16-15-7-11-24-17(15)19(16)8-4-5-9-19/h14-17H,3-13H2,1-2H3,(H,20,21). The molecule has 2 saturated heterocycles. The number of ether oxygens (including phenoxy) is 2. The third-order valence-electron chi connectivity index (χ3n) is 6.80. The highest BCUT2D eigenvalue weighted by molar-refractivity contribution is 5.80. The summed E-state index contributed by atoms with van der Waals surface area (Å²) in [6, 6.07) is 0.556. The predicted molar refractivity (Wildman–Crippen MR) is 95.2 cm³/mol. The lowest BCUT2D eigenvalue weighted by Gasteiger charge is -2.57. The van der Waals surface area contributed by atoms with Crippen LogP contribution >= 0.6 is 0 Å². The fraction of sp³-hybridized carbons (Fsp3) is 0.947. The van der Waals surface area contributed by atoms with E-state index in [1.807, 2.05) is 0 Å². The van der Waals surface area contributed by atoms with Crippen molar-refractivity contribution in [1.82, 2.24) is 10.2 Å². The normalized spacial score (nSPS) is 37.5. The van der Waals surface area contributed by atoms with Gasteiger partial charge in [-0.15, -0.1) is 0 Å². The Morgan fingerprint density at radius 1 is 1.25 bits per heavy atom. The van der Waals surface area contributed by atoms with Crippen LogP contribution in [0.15, 0.2) is 4.99 Å². The average molecular weight is 335 g/mol. The fourth-order valence-corrected chi connectivity index (χ4v) is 5.67. The van der Waals surface area contributed by atoms with Gasteiger partial charge in [-0.1, -0.05) is 12.8 Å². The quantitative estimate of drug-likeness (QED) is 0.632. The molecule has 0 bridgehead atoms. The van der Waals surface area contributed by atoms with Crippen LogP contribution < -0.4 is 5.32 Å². The maximum atomic E-state index is 6.12. The highest BCUT2D eigenvalue weighted by Crippen LogP contribution is 2.60. The van der Waals surface area contributed by atoms with Gasteiger partial charge in [0.25, 0.3) is 0 Å². The van der Waals surface area contributed by atoms with Crippen molar-refractivity contribution in [2.24, 2.45) is 22.2 Å². The minimum Gasteiger partial charge on any atom is -0.381 e. The van der Waals surface area contributed by atoms with Gasteiger partial charge in [-0.3, -0.25) is 4.99 Å². The molecule has 0 aromatic heterocycles. The first kappa shape index (κ1) is 16.6. The highest BCUT2D eigenvalue weighted by Gasteiger charge is 2.65. The first-order valence-electron chi connectivity index (χ1n) is 9.96. The minimum atomic E-state index is 0.382. The first-order chi connectivity index (χ1) is 11.7. The van der Waals surface area contributed by atoms with E-state index < -0.39 is 0 Å². The molecule has 1 N–H and O–H groups in total. The summed E-state index contributed by atoms with van der Waals surface area (Å²) < 4.78 is 11.7. The molecule has 0 aromatic carbocycles.